The number of aryl methyl sites for hydroxylation is 1. The molecule has 1 aromatic heterocycles. The summed E-state index contributed by atoms with van der Waals surface area (Å²) in [6.45, 7) is 0. The number of carboxylic acid groups (broad SMARTS) is 1. The van der Waals surface area contributed by atoms with Gasteiger partial charge in [0.15, 0.2) is 11.5 Å². The van der Waals surface area contributed by atoms with Gasteiger partial charge in [0.25, 0.3) is 0 Å². The molecule has 0 aliphatic rings. The number of carbonyl (C=O) groups is 1. The number of carboxylic acids is 1. The Morgan fingerprint density at radius 1 is 1.43 bits per heavy atom. The molecule has 2 rings (SSSR count). The maximum atomic E-state index is 10.8. The fraction of sp³-hybridized carbons (Fsp3) is 0.0667. The zero-order valence-corrected chi connectivity index (χ0v) is 12.3. The van der Waals surface area contributed by atoms with Gasteiger partial charge in [-0.15, -0.1) is 0 Å². The first-order valence-corrected chi connectivity index (χ1v) is 6.48. The summed E-state index contributed by atoms with van der Waals surface area (Å²) in [6.07, 6.45) is 3.45. The minimum absolute atomic E-state index is 0.258. The number of nitrogens with one attached hydrogen (secondary N) is 1. The maximum Gasteiger partial charge on any atom is 0.357 e. The third kappa shape index (κ3) is 4.03. The number of rotatable bonds is 4. The van der Waals surface area contributed by atoms with E-state index in [4.69, 9.17) is 21.4 Å². The third-order valence-electron chi connectivity index (χ3n) is 2.80. The van der Waals surface area contributed by atoms with Crippen molar-refractivity contribution in [3.63, 3.8) is 0 Å². The highest BCUT2D eigenvalue weighted by Crippen LogP contribution is 2.15. The average molecular weight is 313 g/mol. The molecule has 6 N–H and O–H groups in total. The monoisotopic (exact) mass is 313 g/mol. The number of nitrogens with two attached hydrogens (primary N) is 2. The predicted molar refractivity (Wildman–Crippen MR) is 82.4 cm³/mol. The van der Waals surface area contributed by atoms with Crippen molar-refractivity contribution in [3.05, 3.63) is 59.6 Å². The van der Waals surface area contributed by atoms with Gasteiger partial charge < -0.3 is 20.1 Å². The first kappa shape index (κ1) is 15.9. The largest absolute Gasteiger partial charge is 0.476 e. The molecule has 0 fully saturated rings. The highest BCUT2D eigenvalue weighted by Gasteiger charge is 2.12. The highest BCUT2D eigenvalue weighted by atomic mass is 16.5. The van der Waals surface area contributed by atoms with E-state index in [1.165, 1.54) is 0 Å². The van der Waals surface area contributed by atoms with Crippen molar-refractivity contribution in [3.8, 4) is 17.6 Å². The second-order valence-corrected chi connectivity index (χ2v) is 4.43. The molecule has 1 heterocycles. The molecule has 0 aliphatic carbocycles. The molecule has 8 nitrogen and oxygen atoms in total. The van der Waals surface area contributed by atoms with Crippen molar-refractivity contribution in [2.75, 3.05) is 0 Å². The van der Waals surface area contributed by atoms with Crippen LogP contribution in [-0.4, -0.2) is 20.6 Å². The number of hydrogen-bond donors (Lipinski definition) is 4. The lowest BCUT2D eigenvalue weighted by Crippen LogP contribution is -2.31. The van der Waals surface area contributed by atoms with E-state index in [0.29, 0.717) is 17.1 Å². The summed E-state index contributed by atoms with van der Waals surface area (Å²) >= 11 is 0. The van der Waals surface area contributed by atoms with Crippen molar-refractivity contribution >= 4 is 5.97 Å². The Morgan fingerprint density at radius 3 is 2.83 bits per heavy atom. The topological polar surface area (TPSA) is 128 Å². The molecular weight excluding hydrogens is 298 g/mol. The lowest BCUT2D eigenvalue weighted by Gasteiger charge is -2.10. The van der Waals surface area contributed by atoms with E-state index in [9.17, 15) is 4.79 Å². The van der Waals surface area contributed by atoms with Gasteiger partial charge in [-0.3, -0.25) is 5.43 Å². The summed E-state index contributed by atoms with van der Waals surface area (Å²) < 4.78 is 7.13. The molecule has 0 amide bonds. The molecular formula is C15H15N5O3. The van der Waals surface area contributed by atoms with Crippen LogP contribution in [0.25, 0.3) is 0 Å². The standard InChI is InChI=1S/C15H15N5O3/c1-20-8-7-18-12(20)6-5-10-3-2-4-11(9-10)23-14(19-17)13(16)15(21)22/h2-4,7-9,19H,16-17H2,1H3,(H,21,22)/b14-13+. The maximum absolute atomic E-state index is 10.8. The lowest BCUT2D eigenvalue weighted by atomic mass is 10.2. The van der Waals surface area contributed by atoms with Gasteiger partial charge >= 0.3 is 5.97 Å². The predicted octanol–water partition coefficient (Wildman–Crippen LogP) is -0.126. The van der Waals surface area contributed by atoms with Crippen molar-refractivity contribution in [2.24, 2.45) is 18.6 Å². The Labute approximate surface area is 132 Å². The molecule has 0 bridgehead atoms. The summed E-state index contributed by atoms with van der Waals surface area (Å²) in [5.41, 5.74) is 7.62. The molecule has 8 heteroatoms. The van der Waals surface area contributed by atoms with Crippen LogP contribution in [0.4, 0.5) is 0 Å². The number of aliphatic carboxylic acids is 1. The summed E-state index contributed by atoms with van der Waals surface area (Å²) in [7, 11) is 1.84. The summed E-state index contributed by atoms with van der Waals surface area (Å²) in [5.74, 6) is 10.4. The van der Waals surface area contributed by atoms with Gasteiger partial charge in [-0.05, 0) is 24.1 Å². The number of imidazole rings is 1. The van der Waals surface area contributed by atoms with E-state index in [2.05, 4.69) is 22.3 Å². The van der Waals surface area contributed by atoms with Gasteiger partial charge in [0, 0.05) is 25.0 Å². The van der Waals surface area contributed by atoms with Crippen LogP contribution < -0.4 is 21.7 Å². The van der Waals surface area contributed by atoms with Crippen molar-refractivity contribution in [2.45, 2.75) is 0 Å². The summed E-state index contributed by atoms with van der Waals surface area (Å²) in [5, 5.41) is 8.84. The Kier molecular flexibility index (Phi) is 4.86. The summed E-state index contributed by atoms with van der Waals surface area (Å²) in [6, 6.07) is 6.74. The quantitative estimate of drug-likeness (QED) is 0.203. The van der Waals surface area contributed by atoms with Crippen molar-refractivity contribution in [1.29, 1.82) is 0 Å². The molecule has 0 atom stereocenters. The van der Waals surface area contributed by atoms with Crippen molar-refractivity contribution < 1.29 is 14.6 Å². The first-order valence-electron chi connectivity index (χ1n) is 6.48. The second-order valence-electron chi connectivity index (χ2n) is 4.43. The van der Waals surface area contributed by atoms with Gasteiger partial charge in [0.05, 0.1) is 0 Å². The van der Waals surface area contributed by atoms with E-state index < -0.39 is 11.7 Å². The minimum Gasteiger partial charge on any atom is -0.476 e. The molecule has 0 radical (unpaired) electrons. The molecule has 0 aliphatic heterocycles. The van der Waals surface area contributed by atoms with Gasteiger partial charge in [0.1, 0.15) is 5.75 Å². The van der Waals surface area contributed by atoms with E-state index in [1.807, 2.05) is 7.05 Å². The number of nitrogens with zero attached hydrogens (tertiary/aromatic N) is 2. The smallest absolute Gasteiger partial charge is 0.357 e. The molecule has 0 unspecified atom stereocenters. The summed E-state index contributed by atoms with van der Waals surface area (Å²) in [4.78, 5) is 14.9. The fourth-order valence-electron chi connectivity index (χ4n) is 1.63. The van der Waals surface area contributed by atoms with Crippen molar-refractivity contribution in [1.82, 2.24) is 15.0 Å². The third-order valence-corrected chi connectivity index (χ3v) is 2.80. The molecule has 0 spiro atoms. The Bertz CT molecular complexity index is 814. The number of hydrogen-bond acceptors (Lipinski definition) is 6. The zero-order chi connectivity index (χ0) is 16.8. The minimum atomic E-state index is -1.34. The SMILES string of the molecule is Cn1ccnc1C#Cc1cccc(O/C(NN)=C(/N)C(=O)O)c1. The average Bonchev–Trinajstić information content (AvgIpc) is 2.95. The van der Waals surface area contributed by atoms with Crippen LogP contribution in [-0.2, 0) is 11.8 Å². The van der Waals surface area contributed by atoms with Crippen LogP contribution in [0.1, 0.15) is 11.4 Å². The Hall–Kier alpha value is -3.44. The van der Waals surface area contributed by atoms with Gasteiger partial charge in [-0.1, -0.05) is 12.0 Å². The Balaban J connectivity index is 2.24. The van der Waals surface area contributed by atoms with Crippen LogP contribution >= 0.6 is 0 Å². The molecule has 0 saturated heterocycles. The van der Waals surface area contributed by atoms with Crippen LogP contribution in [0.2, 0.25) is 0 Å². The first-order chi connectivity index (χ1) is 11.0. The fourth-order valence-corrected chi connectivity index (χ4v) is 1.63. The zero-order valence-electron chi connectivity index (χ0n) is 12.3. The highest BCUT2D eigenvalue weighted by molar-refractivity contribution is 5.85. The van der Waals surface area contributed by atoms with Crippen LogP contribution in [0.15, 0.2) is 48.2 Å². The van der Waals surface area contributed by atoms with Crippen LogP contribution in [0.5, 0.6) is 5.75 Å². The normalized spacial score (nSPS) is 11.0. The van der Waals surface area contributed by atoms with Crippen LogP contribution in [0, 0.1) is 11.8 Å². The van der Waals surface area contributed by atoms with Gasteiger partial charge in [-0.2, -0.15) is 0 Å². The second kappa shape index (κ2) is 7.02. The molecule has 0 saturated carbocycles. The van der Waals surface area contributed by atoms with Gasteiger partial charge in [-0.25, -0.2) is 15.6 Å². The Morgan fingerprint density at radius 2 is 2.22 bits per heavy atom. The number of hydrazine groups is 1. The van der Waals surface area contributed by atoms with E-state index in [0.717, 1.165) is 0 Å². The molecule has 23 heavy (non-hydrogen) atoms. The van der Waals surface area contributed by atoms with E-state index in [-0.39, 0.29) is 5.88 Å². The van der Waals surface area contributed by atoms with E-state index in [1.54, 1.807) is 41.2 Å². The van der Waals surface area contributed by atoms with Crippen LogP contribution in [0.3, 0.4) is 0 Å². The lowest BCUT2D eigenvalue weighted by molar-refractivity contribution is -0.132. The molecule has 2 aromatic rings. The number of ether oxygens (including phenoxy) is 1. The van der Waals surface area contributed by atoms with E-state index >= 15 is 0 Å². The number of benzene rings is 1. The molecule has 118 valence electrons. The van der Waals surface area contributed by atoms with Gasteiger partial charge in [0.2, 0.25) is 5.88 Å². The number of aromatic nitrogens is 2. The molecule has 1 aromatic carbocycles.